The van der Waals surface area contributed by atoms with Crippen LogP contribution in [0.25, 0.3) is 0 Å². The lowest BCUT2D eigenvalue weighted by molar-refractivity contribution is -0.123. The molecular weight excluding hydrogens is 306 g/mol. The fraction of sp³-hybridized carbons (Fsp3) is 0.733. The van der Waals surface area contributed by atoms with E-state index in [0.29, 0.717) is 19.5 Å². The Morgan fingerprint density at radius 1 is 1.48 bits per heavy atom. The zero-order chi connectivity index (χ0) is 14.4. The Bertz CT molecular complexity index is 419. The Labute approximate surface area is 137 Å². The van der Waals surface area contributed by atoms with Gasteiger partial charge in [-0.2, -0.15) is 0 Å². The summed E-state index contributed by atoms with van der Waals surface area (Å²) in [6.45, 7) is 3.38. The third-order valence-corrected chi connectivity index (χ3v) is 5.37. The van der Waals surface area contributed by atoms with Crippen LogP contribution in [0.5, 0.6) is 0 Å². The van der Waals surface area contributed by atoms with Crippen molar-refractivity contribution in [3.63, 3.8) is 0 Å². The Balaban J connectivity index is 0.00000220. The maximum absolute atomic E-state index is 12.2. The summed E-state index contributed by atoms with van der Waals surface area (Å²) < 4.78 is 0. The van der Waals surface area contributed by atoms with Gasteiger partial charge in [0.25, 0.3) is 0 Å². The van der Waals surface area contributed by atoms with E-state index in [9.17, 15) is 4.79 Å². The van der Waals surface area contributed by atoms with Gasteiger partial charge in [-0.25, -0.2) is 4.98 Å². The second-order valence-electron chi connectivity index (χ2n) is 6.02. The van der Waals surface area contributed by atoms with E-state index in [1.54, 1.807) is 11.3 Å². The van der Waals surface area contributed by atoms with Crippen LogP contribution >= 0.6 is 23.7 Å². The fourth-order valence-electron chi connectivity index (χ4n) is 2.99. The normalized spacial score (nSPS) is 18.6. The molecule has 3 N–H and O–H groups in total. The van der Waals surface area contributed by atoms with Crippen molar-refractivity contribution >= 4 is 29.7 Å². The van der Waals surface area contributed by atoms with Crippen molar-refractivity contribution in [1.82, 2.24) is 10.3 Å². The van der Waals surface area contributed by atoms with Gasteiger partial charge in [0, 0.05) is 30.5 Å². The number of amides is 1. The predicted octanol–water partition coefficient (Wildman–Crippen LogP) is 3.08. The largest absolute Gasteiger partial charge is 0.355 e. The van der Waals surface area contributed by atoms with Crippen molar-refractivity contribution < 1.29 is 4.79 Å². The molecule has 0 saturated heterocycles. The summed E-state index contributed by atoms with van der Waals surface area (Å²) in [6, 6.07) is 0. The predicted molar refractivity (Wildman–Crippen MR) is 90.0 cm³/mol. The van der Waals surface area contributed by atoms with Gasteiger partial charge >= 0.3 is 0 Å². The average Bonchev–Trinajstić information content (AvgIpc) is 3.00. The number of nitrogens with one attached hydrogen (secondary N) is 1. The third-order valence-electron chi connectivity index (χ3n) is 4.36. The van der Waals surface area contributed by atoms with Crippen molar-refractivity contribution in [3.8, 4) is 0 Å². The summed E-state index contributed by atoms with van der Waals surface area (Å²) in [4.78, 5) is 16.5. The molecule has 0 aliphatic heterocycles. The molecule has 0 aromatic carbocycles. The Morgan fingerprint density at radius 2 is 2.19 bits per heavy atom. The Kier molecular flexibility index (Phi) is 7.63. The van der Waals surface area contributed by atoms with Crippen LogP contribution < -0.4 is 11.1 Å². The number of carbonyl (C=O) groups excluding carboxylic acids is 1. The van der Waals surface area contributed by atoms with Gasteiger partial charge in [-0.15, -0.1) is 23.7 Å². The molecule has 1 heterocycles. The summed E-state index contributed by atoms with van der Waals surface area (Å²) in [6.07, 6.45) is 8.28. The van der Waals surface area contributed by atoms with Crippen LogP contribution in [0, 0.1) is 5.41 Å². The molecule has 21 heavy (non-hydrogen) atoms. The van der Waals surface area contributed by atoms with Crippen LogP contribution in [0.4, 0.5) is 0 Å². The van der Waals surface area contributed by atoms with Gasteiger partial charge in [0.1, 0.15) is 0 Å². The molecule has 1 fully saturated rings. The minimum Gasteiger partial charge on any atom is -0.355 e. The van der Waals surface area contributed by atoms with Gasteiger partial charge in [-0.3, -0.25) is 4.79 Å². The molecule has 1 atom stereocenters. The molecule has 0 radical (unpaired) electrons. The van der Waals surface area contributed by atoms with Crippen molar-refractivity contribution in [3.05, 3.63) is 16.6 Å². The number of thiazole rings is 1. The summed E-state index contributed by atoms with van der Waals surface area (Å²) in [5, 5.41) is 6.10. The minimum atomic E-state index is 0. The lowest BCUT2D eigenvalue weighted by atomic mass is 9.71. The van der Waals surface area contributed by atoms with Crippen molar-refractivity contribution in [2.24, 2.45) is 11.1 Å². The first kappa shape index (κ1) is 18.4. The quantitative estimate of drug-likeness (QED) is 0.841. The molecule has 1 aliphatic rings. The topological polar surface area (TPSA) is 68.0 Å². The molecule has 1 aromatic rings. The Morgan fingerprint density at radius 3 is 2.76 bits per heavy atom. The van der Waals surface area contributed by atoms with Crippen LogP contribution in [-0.4, -0.2) is 24.0 Å². The van der Waals surface area contributed by atoms with Crippen molar-refractivity contribution in [1.29, 1.82) is 0 Å². The molecule has 2 rings (SSSR count). The highest BCUT2D eigenvalue weighted by atomic mass is 35.5. The first-order valence-electron chi connectivity index (χ1n) is 7.51. The third kappa shape index (κ3) is 5.24. The molecule has 1 aromatic heterocycles. The van der Waals surface area contributed by atoms with Crippen LogP contribution in [-0.2, 0) is 4.79 Å². The number of hydrogen-bond acceptors (Lipinski definition) is 4. The molecule has 120 valence electrons. The number of nitrogens with zero attached hydrogens (tertiary/aromatic N) is 1. The van der Waals surface area contributed by atoms with E-state index in [0.717, 1.165) is 17.8 Å². The average molecular weight is 332 g/mol. The lowest BCUT2D eigenvalue weighted by Gasteiger charge is -2.35. The summed E-state index contributed by atoms with van der Waals surface area (Å²) in [7, 11) is 0. The molecule has 1 aliphatic carbocycles. The molecule has 4 nitrogen and oxygen atoms in total. The fourth-order valence-corrected chi connectivity index (χ4v) is 3.69. The van der Waals surface area contributed by atoms with Crippen molar-refractivity contribution in [2.75, 3.05) is 13.1 Å². The van der Waals surface area contributed by atoms with E-state index in [1.807, 2.05) is 11.6 Å². The number of hydrogen-bond donors (Lipinski definition) is 2. The van der Waals surface area contributed by atoms with E-state index in [1.165, 1.54) is 19.3 Å². The number of halogens is 1. The standard InChI is InChI=1S/C15H25N3OS.ClH/c1-12(14-17-7-8-20-14)10-18-13(19)9-15(11-16)5-3-2-4-6-15;/h7-8,12H,2-6,9-11,16H2,1H3,(H,18,19);1H. The highest BCUT2D eigenvalue weighted by molar-refractivity contribution is 7.09. The smallest absolute Gasteiger partial charge is 0.220 e. The van der Waals surface area contributed by atoms with Crippen molar-refractivity contribution in [2.45, 2.75) is 51.4 Å². The van der Waals surface area contributed by atoms with E-state index in [-0.39, 0.29) is 29.6 Å². The van der Waals surface area contributed by atoms with Crippen LogP contribution in [0.15, 0.2) is 11.6 Å². The molecule has 1 saturated carbocycles. The SMILES string of the molecule is CC(CNC(=O)CC1(CN)CCCCC1)c1nccs1.Cl. The van der Waals surface area contributed by atoms with Gasteiger partial charge in [-0.1, -0.05) is 26.2 Å². The molecular formula is C15H26ClN3OS. The summed E-state index contributed by atoms with van der Waals surface area (Å²) in [5.41, 5.74) is 5.98. The first-order valence-corrected chi connectivity index (χ1v) is 8.39. The monoisotopic (exact) mass is 331 g/mol. The van der Waals surface area contributed by atoms with Gasteiger partial charge in [0.15, 0.2) is 0 Å². The molecule has 1 amide bonds. The van der Waals surface area contributed by atoms with Crippen LogP contribution in [0.3, 0.4) is 0 Å². The molecule has 1 unspecified atom stereocenters. The summed E-state index contributed by atoms with van der Waals surface area (Å²) >= 11 is 1.64. The second-order valence-corrected chi connectivity index (χ2v) is 6.94. The number of nitrogens with two attached hydrogens (primary N) is 1. The minimum absolute atomic E-state index is 0. The molecule has 0 spiro atoms. The number of carbonyl (C=O) groups is 1. The van der Waals surface area contributed by atoms with E-state index < -0.39 is 0 Å². The van der Waals surface area contributed by atoms with Gasteiger partial charge < -0.3 is 11.1 Å². The van der Waals surface area contributed by atoms with E-state index >= 15 is 0 Å². The number of aromatic nitrogens is 1. The second kappa shape index (κ2) is 8.71. The van der Waals surface area contributed by atoms with Gasteiger partial charge in [-0.05, 0) is 24.8 Å². The van der Waals surface area contributed by atoms with Gasteiger partial charge in [0.2, 0.25) is 5.91 Å². The summed E-state index contributed by atoms with van der Waals surface area (Å²) in [5.74, 6) is 0.417. The van der Waals surface area contributed by atoms with Crippen LogP contribution in [0.2, 0.25) is 0 Å². The van der Waals surface area contributed by atoms with E-state index in [2.05, 4.69) is 17.2 Å². The van der Waals surface area contributed by atoms with E-state index in [4.69, 9.17) is 5.73 Å². The lowest BCUT2D eigenvalue weighted by Crippen LogP contribution is -2.39. The zero-order valence-corrected chi connectivity index (χ0v) is 14.3. The van der Waals surface area contributed by atoms with Gasteiger partial charge in [0.05, 0.1) is 5.01 Å². The highest BCUT2D eigenvalue weighted by Gasteiger charge is 2.32. The maximum atomic E-state index is 12.2. The zero-order valence-electron chi connectivity index (χ0n) is 12.6. The molecule has 6 heteroatoms. The van der Waals surface area contributed by atoms with Crippen LogP contribution in [0.1, 0.15) is 56.4 Å². The number of rotatable bonds is 6. The Hall–Kier alpha value is -0.650. The highest BCUT2D eigenvalue weighted by Crippen LogP contribution is 2.38. The molecule has 0 bridgehead atoms. The maximum Gasteiger partial charge on any atom is 0.220 e. The first-order chi connectivity index (χ1) is 9.65.